The van der Waals surface area contributed by atoms with Gasteiger partial charge in [0.05, 0.1) is 5.92 Å². The third-order valence-electron chi connectivity index (χ3n) is 2.96. The maximum absolute atomic E-state index is 11.2. The Labute approximate surface area is 97.3 Å². The van der Waals surface area contributed by atoms with Gasteiger partial charge in [-0.25, -0.2) is 0 Å². The van der Waals surface area contributed by atoms with Gasteiger partial charge < -0.3 is 5.11 Å². The largest absolute Gasteiger partial charge is 0.481 e. The van der Waals surface area contributed by atoms with Gasteiger partial charge in [-0.3, -0.25) is 4.79 Å². The van der Waals surface area contributed by atoms with Crippen molar-refractivity contribution in [3.8, 4) is 0 Å². The Bertz CT molecular complexity index is 344. The molecule has 1 atom stereocenters. The zero-order valence-electron chi connectivity index (χ0n) is 10.1. The molecule has 0 heterocycles. The molecule has 1 aromatic rings. The lowest BCUT2D eigenvalue weighted by Gasteiger charge is -2.14. The Morgan fingerprint density at radius 1 is 1.31 bits per heavy atom. The molecule has 0 unspecified atom stereocenters. The first-order valence-corrected chi connectivity index (χ1v) is 5.95. The van der Waals surface area contributed by atoms with Gasteiger partial charge in [0.25, 0.3) is 0 Å². The molecular formula is C14H20O2. The van der Waals surface area contributed by atoms with Crippen LogP contribution in [0.2, 0.25) is 0 Å². The standard InChI is InChI=1S/C14H20O2/c1-3-4-5-10-13(14(15)16)12-9-7-6-8-11(12)2/h6-9,13H,3-5,10H2,1-2H3,(H,15,16)/t13-/m1/s1. The van der Waals surface area contributed by atoms with Crippen LogP contribution in [0.25, 0.3) is 0 Å². The number of hydrogen-bond acceptors (Lipinski definition) is 1. The van der Waals surface area contributed by atoms with E-state index in [2.05, 4.69) is 6.92 Å². The van der Waals surface area contributed by atoms with Crippen molar-refractivity contribution in [2.45, 2.75) is 45.4 Å². The molecule has 0 radical (unpaired) electrons. The Morgan fingerprint density at radius 3 is 2.56 bits per heavy atom. The van der Waals surface area contributed by atoms with Crippen LogP contribution in [0.15, 0.2) is 24.3 Å². The molecule has 0 bridgehead atoms. The fourth-order valence-electron chi connectivity index (χ4n) is 1.99. The topological polar surface area (TPSA) is 37.3 Å². The van der Waals surface area contributed by atoms with Gasteiger partial charge in [-0.05, 0) is 24.5 Å². The van der Waals surface area contributed by atoms with Gasteiger partial charge >= 0.3 is 5.97 Å². The Hall–Kier alpha value is -1.31. The summed E-state index contributed by atoms with van der Waals surface area (Å²) in [7, 11) is 0. The van der Waals surface area contributed by atoms with Crippen LogP contribution in [0, 0.1) is 6.92 Å². The number of carboxylic acids is 1. The van der Waals surface area contributed by atoms with Crippen molar-refractivity contribution in [1.29, 1.82) is 0 Å². The lowest BCUT2D eigenvalue weighted by Crippen LogP contribution is -2.12. The Kier molecular flexibility index (Phi) is 5.03. The molecule has 0 saturated carbocycles. The molecule has 1 N–H and O–H groups in total. The maximum Gasteiger partial charge on any atom is 0.310 e. The molecule has 0 saturated heterocycles. The van der Waals surface area contributed by atoms with Crippen molar-refractivity contribution in [3.63, 3.8) is 0 Å². The number of carboxylic acid groups (broad SMARTS) is 1. The molecule has 0 fully saturated rings. The van der Waals surface area contributed by atoms with E-state index >= 15 is 0 Å². The lowest BCUT2D eigenvalue weighted by atomic mass is 9.90. The molecule has 0 aliphatic rings. The van der Waals surface area contributed by atoms with E-state index in [1.54, 1.807) is 0 Å². The number of aryl methyl sites for hydroxylation is 1. The zero-order chi connectivity index (χ0) is 12.0. The molecule has 2 nitrogen and oxygen atoms in total. The smallest absolute Gasteiger partial charge is 0.310 e. The van der Waals surface area contributed by atoms with Crippen LogP contribution >= 0.6 is 0 Å². The molecule has 1 aromatic carbocycles. The molecule has 16 heavy (non-hydrogen) atoms. The quantitative estimate of drug-likeness (QED) is 0.741. The van der Waals surface area contributed by atoms with Crippen LogP contribution in [0.3, 0.4) is 0 Å². The molecular weight excluding hydrogens is 200 g/mol. The first-order chi connectivity index (χ1) is 7.66. The van der Waals surface area contributed by atoms with Gasteiger partial charge in [-0.1, -0.05) is 50.5 Å². The fraction of sp³-hybridized carbons (Fsp3) is 0.500. The number of carbonyl (C=O) groups is 1. The van der Waals surface area contributed by atoms with Crippen molar-refractivity contribution in [1.82, 2.24) is 0 Å². The average Bonchev–Trinajstić information content (AvgIpc) is 2.25. The molecule has 0 spiro atoms. The number of benzene rings is 1. The van der Waals surface area contributed by atoms with Crippen LogP contribution < -0.4 is 0 Å². The third-order valence-corrected chi connectivity index (χ3v) is 2.96. The second-order valence-corrected chi connectivity index (χ2v) is 4.24. The number of aliphatic carboxylic acids is 1. The van der Waals surface area contributed by atoms with Gasteiger partial charge in [0.15, 0.2) is 0 Å². The summed E-state index contributed by atoms with van der Waals surface area (Å²) < 4.78 is 0. The minimum Gasteiger partial charge on any atom is -0.481 e. The molecule has 0 amide bonds. The van der Waals surface area contributed by atoms with E-state index in [1.807, 2.05) is 31.2 Å². The number of rotatable bonds is 6. The third kappa shape index (κ3) is 3.37. The van der Waals surface area contributed by atoms with Crippen LogP contribution in [0.5, 0.6) is 0 Å². The minimum atomic E-state index is -0.703. The van der Waals surface area contributed by atoms with Crippen molar-refractivity contribution in [2.75, 3.05) is 0 Å². The summed E-state index contributed by atoms with van der Waals surface area (Å²) in [5.74, 6) is -1.04. The molecule has 1 rings (SSSR count). The van der Waals surface area contributed by atoms with Crippen molar-refractivity contribution >= 4 is 5.97 Å². The lowest BCUT2D eigenvalue weighted by molar-refractivity contribution is -0.139. The predicted octanol–water partition coefficient (Wildman–Crippen LogP) is 3.74. The highest BCUT2D eigenvalue weighted by molar-refractivity contribution is 5.76. The Balaban J connectivity index is 2.78. The number of unbranched alkanes of at least 4 members (excludes halogenated alkanes) is 2. The van der Waals surface area contributed by atoms with Gasteiger partial charge in [0, 0.05) is 0 Å². The summed E-state index contributed by atoms with van der Waals surface area (Å²) >= 11 is 0. The van der Waals surface area contributed by atoms with E-state index in [0.29, 0.717) is 0 Å². The summed E-state index contributed by atoms with van der Waals surface area (Å²) in [6, 6.07) is 7.77. The summed E-state index contributed by atoms with van der Waals surface area (Å²) in [6.45, 7) is 4.11. The molecule has 0 aliphatic carbocycles. The van der Waals surface area contributed by atoms with Crippen molar-refractivity contribution in [3.05, 3.63) is 35.4 Å². The highest BCUT2D eigenvalue weighted by Gasteiger charge is 2.20. The van der Waals surface area contributed by atoms with E-state index in [1.165, 1.54) is 0 Å². The van der Waals surface area contributed by atoms with Gasteiger partial charge in [0.2, 0.25) is 0 Å². The number of hydrogen-bond donors (Lipinski definition) is 1. The van der Waals surface area contributed by atoms with Gasteiger partial charge in [0.1, 0.15) is 0 Å². The summed E-state index contributed by atoms with van der Waals surface area (Å²) in [6.07, 6.45) is 3.96. The highest BCUT2D eigenvalue weighted by atomic mass is 16.4. The van der Waals surface area contributed by atoms with E-state index < -0.39 is 5.97 Å². The Morgan fingerprint density at radius 2 is 2.00 bits per heavy atom. The molecule has 0 aliphatic heterocycles. The van der Waals surface area contributed by atoms with E-state index in [4.69, 9.17) is 0 Å². The first kappa shape index (κ1) is 12.8. The molecule has 2 heteroatoms. The van der Waals surface area contributed by atoms with E-state index in [9.17, 15) is 9.90 Å². The minimum absolute atomic E-state index is 0.340. The SMILES string of the molecule is CCCCC[C@@H](C(=O)O)c1ccccc1C. The van der Waals surface area contributed by atoms with Crippen molar-refractivity contribution < 1.29 is 9.90 Å². The second-order valence-electron chi connectivity index (χ2n) is 4.24. The summed E-state index contributed by atoms with van der Waals surface area (Å²) in [5, 5.41) is 9.25. The molecule has 0 aromatic heterocycles. The summed E-state index contributed by atoms with van der Waals surface area (Å²) in [5.41, 5.74) is 2.04. The van der Waals surface area contributed by atoms with Crippen LogP contribution in [-0.4, -0.2) is 11.1 Å². The molecule has 88 valence electrons. The monoisotopic (exact) mass is 220 g/mol. The van der Waals surface area contributed by atoms with Gasteiger partial charge in [-0.15, -0.1) is 0 Å². The maximum atomic E-state index is 11.2. The van der Waals surface area contributed by atoms with E-state index in [-0.39, 0.29) is 5.92 Å². The average molecular weight is 220 g/mol. The fourth-order valence-corrected chi connectivity index (χ4v) is 1.99. The normalized spacial score (nSPS) is 12.4. The van der Waals surface area contributed by atoms with Crippen LogP contribution in [-0.2, 0) is 4.79 Å². The van der Waals surface area contributed by atoms with Crippen molar-refractivity contribution in [2.24, 2.45) is 0 Å². The second kappa shape index (κ2) is 6.31. The van der Waals surface area contributed by atoms with Crippen LogP contribution in [0.1, 0.15) is 49.7 Å². The highest BCUT2D eigenvalue weighted by Crippen LogP contribution is 2.25. The van der Waals surface area contributed by atoms with Gasteiger partial charge in [-0.2, -0.15) is 0 Å². The first-order valence-electron chi connectivity index (χ1n) is 5.95. The summed E-state index contributed by atoms with van der Waals surface area (Å²) in [4.78, 5) is 11.2. The predicted molar refractivity (Wildman–Crippen MR) is 65.7 cm³/mol. The zero-order valence-corrected chi connectivity index (χ0v) is 10.1. The van der Waals surface area contributed by atoms with Crippen LogP contribution in [0.4, 0.5) is 0 Å². The van der Waals surface area contributed by atoms with E-state index in [0.717, 1.165) is 36.8 Å².